The molecule has 0 atom stereocenters. The first-order chi connectivity index (χ1) is 8.26. The van der Waals surface area contributed by atoms with Crippen LogP contribution in [0, 0.1) is 17.1 Å². The van der Waals surface area contributed by atoms with Crippen LogP contribution in [0.2, 0.25) is 0 Å². The minimum absolute atomic E-state index is 0.0760. The standard InChI is InChI=1S/C12H12FN3O/c13-11-2-1-3-12(10(11)8-14)16-6-4-15(9-17)5-7-16/h1-3,9H,4-7H2. The highest BCUT2D eigenvalue weighted by Crippen LogP contribution is 2.23. The van der Waals surface area contributed by atoms with E-state index in [9.17, 15) is 9.18 Å². The molecule has 1 aromatic carbocycles. The van der Waals surface area contributed by atoms with Crippen LogP contribution in [0.15, 0.2) is 18.2 Å². The SMILES string of the molecule is N#Cc1c(F)cccc1N1CCN(C=O)CC1. The predicted octanol–water partition coefficient (Wildman–Crippen LogP) is 0.976. The first-order valence-corrected chi connectivity index (χ1v) is 5.39. The summed E-state index contributed by atoms with van der Waals surface area (Å²) in [5.74, 6) is -0.497. The Labute approximate surface area is 98.9 Å². The fourth-order valence-electron chi connectivity index (χ4n) is 1.96. The number of halogens is 1. The summed E-state index contributed by atoms with van der Waals surface area (Å²) in [4.78, 5) is 14.2. The van der Waals surface area contributed by atoms with Crippen LogP contribution in [0.3, 0.4) is 0 Å². The lowest BCUT2D eigenvalue weighted by Gasteiger charge is -2.34. The Morgan fingerprint density at radius 2 is 2.00 bits per heavy atom. The van der Waals surface area contributed by atoms with E-state index in [0.29, 0.717) is 31.9 Å². The number of nitriles is 1. The van der Waals surface area contributed by atoms with Gasteiger partial charge in [0.1, 0.15) is 17.4 Å². The molecule has 0 radical (unpaired) electrons. The molecule has 1 aliphatic heterocycles. The van der Waals surface area contributed by atoms with Gasteiger partial charge in [0.2, 0.25) is 6.41 Å². The topological polar surface area (TPSA) is 47.3 Å². The van der Waals surface area contributed by atoms with Crippen molar-refractivity contribution in [1.29, 1.82) is 5.26 Å². The molecule has 0 N–H and O–H groups in total. The monoisotopic (exact) mass is 233 g/mol. The van der Waals surface area contributed by atoms with E-state index < -0.39 is 5.82 Å². The molecule has 0 bridgehead atoms. The Bertz CT molecular complexity index is 461. The van der Waals surface area contributed by atoms with Gasteiger partial charge >= 0.3 is 0 Å². The Morgan fingerprint density at radius 1 is 1.29 bits per heavy atom. The van der Waals surface area contributed by atoms with Gasteiger partial charge in [-0.3, -0.25) is 4.79 Å². The highest BCUT2D eigenvalue weighted by molar-refractivity contribution is 5.60. The van der Waals surface area contributed by atoms with Gasteiger partial charge in [0, 0.05) is 26.2 Å². The number of carbonyl (C=O) groups is 1. The number of nitrogens with zero attached hydrogens (tertiary/aromatic N) is 3. The van der Waals surface area contributed by atoms with Crippen LogP contribution in [0.25, 0.3) is 0 Å². The molecule has 0 aliphatic carbocycles. The molecular formula is C12H12FN3O. The number of anilines is 1. The quantitative estimate of drug-likeness (QED) is 0.715. The van der Waals surface area contributed by atoms with Gasteiger partial charge in [-0.05, 0) is 12.1 Å². The molecule has 1 saturated heterocycles. The molecular weight excluding hydrogens is 221 g/mol. The zero-order valence-corrected chi connectivity index (χ0v) is 9.27. The summed E-state index contributed by atoms with van der Waals surface area (Å²) in [5.41, 5.74) is 0.685. The summed E-state index contributed by atoms with van der Waals surface area (Å²) < 4.78 is 13.4. The second-order valence-corrected chi connectivity index (χ2v) is 3.87. The Kier molecular flexibility index (Phi) is 3.24. The van der Waals surface area contributed by atoms with Crippen LogP contribution in [-0.4, -0.2) is 37.5 Å². The van der Waals surface area contributed by atoms with Crippen LogP contribution in [0.4, 0.5) is 10.1 Å². The van der Waals surface area contributed by atoms with Gasteiger partial charge in [0.05, 0.1) is 5.69 Å². The summed E-state index contributed by atoms with van der Waals surface area (Å²) in [7, 11) is 0. The van der Waals surface area contributed by atoms with E-state index in [4.69, 9.17) is 5.26 Å². The highest BCUT2D eigenvalue weighted by Gasteiger charge is 2.19. The van der Waals surface area contributed by atoms with Crippen molar-refractivity contribution in [1.82, 2.24) is 4.90 Å². The largest absolute Gasteiger partial charge is 0.367 e. The highest BCUT2D eigenvalue weighted by atomic mass is 19.1. The fourth-order valence-corrected chi connectivity index (χ4v) is 1.96. The maximum atomic E-state index is 13.4. The van der Waals surface area contributed by atoms with Crippen molar-refractivity contribution in [3.8, 4) is 6.07 Å². The third kappa shape index (κ3) is 2.21. The van der Waals surface area contributed by atoms with Crippen LogP contribution in [0.1, 0.15) is 5.56 Å². The lowest BCUT2D eigenvalue weighted by Crippen LogP contribution is -2.46. The van der Waals surface area contributed by atoms with E-state index in [2.05, 4.69) is 0 Å². The molecule has 1 amide bonds. The summed E-state index contributed by atoms with van der Waals surface area (Å²) in [6.07, 6.45) is 0.814. The number of hydrogen-bond donors (Lipinski definition) is 0. The maximum absolute atomic E-state index is 13.4. The molecule has 88 valence electrons. The number of piperazine rings is 1. The Balaban J connectivity index is 2.22. The van der Waals surface area contributed by atoms with Crippen molar-refractivity contribution in [2.24, 2.45) is 0 Å². The predicted molar refractivity (Wildman–Crippen MR) is 61.0 cm³/mol. The Morgan fingerprint density at radius 3 is 2.59 bits per heavy atom. The maximum Gasteiger partial charge on any atom is 0.209 e. The molecule has 0 unspecified atom stereocenters. The molecule has 1 aromatic rings. The van der Waals surface area contributed by atoms with Crippen molar-refractivity contribution in [2.75, 3.05) is 31.1 Å². The molecule has 1 heterocycles. The lowest BCUT2D eigenvalue weighted by molar-refractivity contribution is -0.118. The first kappa shape index (κ1) is 11.4. The molecule has 1 aliphatic rings. The zero-order chi connectivity index (χ0) is 12.3. The van der Waals surface area contributed by atoms with Crippen LogP contribution < -0.4 is 4.90 Å². The van der Waals surface area contributed by atoms with E-state index in [1.807, 2.05) is 11.0 Å². The van der Waals surface area contributed by atoms with Gasteiger partial charge in [0.25, 0.3) is 0 Å². The van der Waals surface area contributed by atoms with Crippen molar-refractivity contribution in [2.45, 2.75) is 0 Å². The fraction of sp³-hybridized carbons (Fsp3) is 0.333. The van der Waals surface area contributed by atoms with Gasteiger partial charge in [-0.15, -0.1) is 0 Å². The van der Waals surface area contributed by atoms with Gasteiger partial charge in [-0.1, -0.05) is 6.07 Å². The lowest BCUT2D eigenvalue weighted by atomic mass is 10.1. The molecule has 0 aromatic heterocycles. The van der Waals surface area contributed by atoms with E-state index in [0.717, 1.165) is 6.41 Å². The van der Waals surface area contributed by atoms with E-state index in [1.54, 1.807) is 17.0 Å². The molecule has 1 fully saturated rings. The minimum Gasteiger partial charge on any atom is -0.367 e. The third-order valence-corrected chi connectivity index (χ3v) is 2.91. The van der Waals surface area contributed by atoms with E-state index >= 15 is 0 Å². The summed E-state index contributed by atoms with van der Waals surface area (Å²) in [6, 6.07) is 6.50. The minimum atomic E-state index is -0.497. The number of benzene rings is 1. The van der Waals surface area contributed by atoms with Gasteiger partial charge in [-0.2, -0.15) is 5.26 Å². The average molecular weight is 233 g/mol. The van der Waals surface area contributed by atoms with Crippen molar-refractivity contribution < 1.29 is 9.18 Å². The van der Waals surface area contributed by atoms with Gasteiger partial charge in [-0.25, -0.2) is 4.39 Å². The van der Waals surface area contributed by atoms with Gasteiger partial charge in [0.15, 0.2) is 0 Å². The van der Waals surface area contributed by atoms with Crippen LogP contribution in [0.5, 0.6) is 0 Å². The van der Waals surface area contributed by atoms with Crippen LogP contribution >= 0.6 is 0 Å². The number of hydrogen-bond acceptors (Lipinski definition) is 3. The van der Waals surface area contributed by atoms with Crippen molar-refractivity contribution >= 4 is 12.1 Å². The summed E-state index contributed by atoms with van der Waals surface area (Å²) in [6.45, 7) is 2.45. The number of amides is 1. The van der Waals surface area contributed by atoms with Crippen molar-refractivity contribution in [3.05, 3.63) is 29.6 Å². The molecule has 17 heavy (non-hydrogen) atoms. The van der Waals surface area contributed by atoms with E-state index in [-0.39, 0.29) is 5.56 Å². The molecule has 4 nitrogen and oxygen atoms in total. The number of carbonyl (C=O) groups excluding carboxylic acids is 1. The van der Waals surface area contributed by atoms with E-state index in [1.165, 1.54) is 6.07 Å². The van der Waals surface area contributed by atoms with Gasteiger partial charge < -0.3 is 9.80 Å². The molecule has 2 rings (SSSR count). The third-order valence-electron chi connectivity index (χ3n) is 2.91. The molecule has 0 spiro atoms. The Hall–Kier alpha value is -2.09. The summed E-state index contributed by atoms with van der Waals surface area (Å²) in [5, 5.41) is 8.94. The summed E-state index contributed by atoms with van der Waals surface area (Å²) >= 11 is 0. The van der Waals surface area contributed by atoms with Crippen molar-refractivity contribution in [3.63, 3.8) is 0 Å². The smallest absolute Gasteiger partial charge is 0.209 e. The zero-order valence-electron chi connectivity index (χ0n) is 9.27. The second kappa shape index (κ2) is 4.83. The second-order valence-electron chi connectivity index (χ2n) is 3.87. The normalized spacial score (nSPS) is 15.5. The molecule has 5 heteroatoms. The first-order valence-electron chi connectivity index (χ1n) is 5.39. The van der Waals surface area contributed by atoms with Crippen LogP contribution in [-0.2, 0) is 4.79 Å². The number of rotatable bonds is 2. The average Bonchev–Trinajstić information content (AvgIpc) is 2.38. The molecule has 0 saturated carbocycles.